The third-order valence-electron chi connectivity index (χ3n) is 5.09. The molecule has 2 fully saturated rings. The molecule has 2 aliphatic rings. The van der Waals surface area contributed by atoms with Gasteiger partial charge in [0.2, 0.25) is 0 Å². The fraction of sp³-hybridized carbons (Fsp3) is 0.889. The fourth-order valence-corrected chi connectivity index (χ4v) is 3.64. The normalized spacial score (nSPS) is 20.0. The largest absolute Gasteiger partial charge is 0.338 e. The smallest absolute Gasteiger partial charge is 0.317 e. The minimum Gasteiger partial charge on any atom is -0.338 e. The van der Waals surface area contributed by atoms with E-state index in [1.54, 1.807) is 0 Å². The van der Waals surface area contributed by atoms with Crippen molar-refractivity contribution in [1.82, 2.24) is 20.9 Å². The minimum absolute atomic E-state index is 0.0886. The summed E-state index contributed by atoms with van der Waals surface area (Å²) in [6.07, 6.45) is 9.11. The van der Waals surface area contributed by atoms with Crippen LogP contribution in [0.5, 0.6) is 0 Å². The maximum absolute atomic E-state index is 12.3. The maximum atomic E-state index is 12.3. The summed E-state index contributed by atoms with van der Waals surface area (Å²) in [4.78, 5) is 25.8. The molecule has 0 spiro atoms. The van der Waals surface area contributed by atoms with Crippen LogP contribution in [0, 0.1) is 5.92 Å². The van der Waals surface area contributed by atoms with Crippen LogP contribution in [-0.2, 0) is 0 Å². The van der Waals surface area contributed by atoms with Crippen LogP contribution in [0.2, 0.25) is 0 Å². The first kappa shape index (κ1) is 18.9. The number of likely N-dealkylation sites (tertiary alicyclic amines) is 1. The molecule has 0 unspecified atom stereocenters. The Labute approximate surface area is 146 Å². The molecule has 6 heteroatoms. The number of nitrogens with zero attached hydrogens (tertiary/aromatic N) is 1. The molecule has 4 amide bonds. The molecule has 0 aromatic carbocycles. The number of urea groups is 2. The van der Waals surface area contributed by atoms with Crippen molar-refractivity contribution in [2.24, 2.45) is 5.92 Å². The number of rotatable bonds is 5. The predicted octanol–water partition coefficient (Wildman–Crippen LogP) is 2.84. The molecule has 0 aromatic rings. The van der Waals surface area contributed by atoms with Crippen molar-refractivity contribution in [2.75, 3.05) is 19.6 Å². The van der Waals surface area contributed by atoms with Crippen molar-refractivity contribution in [1.29, 1.82) is 0 Å². The van der Waals surface area contributed by atoms with Crippen LogP contribution in [0.3, 0.4) is 0 Å². The number of hydrogen-bond acceptors (Lipinski definition) is 2. The lowest BCUT2D eigenvalue weighted by Crippen LogP contribution is -2.48. The molecule has 6 nitrogen and oxygen atoms in total. The zero-order chi connectivity index (χ0) is 17.4. The number of carbonyl (C=O) groups excluding carboxylic acids is 2. The summed E-state index contributed by atoms with van der Waals surface area (Å²) in [6, 6.07) is 0.577. The summed E-state index contributed by atoms with van der Waals surface area (Å²) >= 11 is 0. The summed E-state index contributed by atoms with van der Waals surface area (Å²) in [5.74, 6) is 0.600. The molecule has 1 saturated heterocycles. The standard InChI is InChI=1S/C18H34N4O2/c1-14(2)20-17(23)19-11-8-15-9-12-22(13-10-15)18(24)21-16-6-4-3-5-7-16/h14-16H,3-13H2,1-2H3,(H,21,24)(H2,19,20,23). The third-order valence-corrected chi connectivity index (χ3v) is 5.09. The van der Waals surface area contributed by atoms with E-state index in [1.165, 1.54) is 19.3 Å². The molecule has 24 heavy (non-hydrogen) atoms. The van der Waals surface area contributed by atoms with Crippen LogP contribution < -0.4 is 16.0 Å². The molecule has 1 saturated carbocycles. The van der Waals surface area contributed by atoms with Gasteiger partial charge in [0.05, 0.1) is 0 Å². The Morgan fingerprint density at radius 1 is 1.04 bits per heavy atom. The summed E-state index contributed by atoms with van der Waals surface area (Å²) in [5.41, 5.74) is 0. The van der Waals surface area contributed by atoms with E-state index >= 15 is 0 Å². The van der Waals surface area contributed by atoms with Gasteiger partial charge in [-0.1, -0.05) is 19.3 Å². The molecular weight excluding hydrogens is 304 g/mol. The van der Waals surface area contributed by atoms with E-state index < -0.39 is 0 Å². The zero-order valence-electron chi connectivity index (χ0n) is 15.3. The van der Waals surface area contributed by atoms with Gasteiger partial charge < -0.3 is 20.9 Å². The Kier molecular flexibility index (Phi) is 7.66. The molecule has 3 N–H and O–H groups in total. The van der Waals surface area contributed by atoms with E-state index in [4.69, 9.17) is 0 Å². The van der Waals surface area contributed by atoms with E-state index in [-0.39, 0.29) is 18.1 Å². The van der Waals surface area contributed by atoms with E-state index in [2.05, 4.69) is 16.0 Å². The van der Waals surface area contributed by atoms with Crippen molar-refractivity contribution in [3.63, 3.8) is 0 Å². The van der Waals surface area contributed by atoms with Crippen molar-refractivity contribution in [3.05, 3.63) is 0 Å². The van der Waals surface area contributed by atoms with E-state index in [0.717, 1.165) is 45.2 Å². The van der Waals surface area contributed by atoms with Crippen molar-refractivity contribution >= 4 is 12.1 Å². The molecule has 0 bridgehead atoms. The second kappa shape index (κ2) is 9.74. The van der Waals surface area contributed by atoms with Gasteiger partial charge in [-0.05, 0) is 51.9 Å². The fourth-order valence-electron chi connectivity index (χ4n) is 3.64. The Morgan fingerprint density at radius 2 is 1.71 bits per heavy atom. The summed E-state index contributed by atoms with van der Waals surface area (Å²) < 4.78 is 0. The molecule has 0 atom stereocenters. The van der Waals surface area contributed by atoms with E-state index in [1.807, 2.05) is 18.7 Å². The van der Waals surface area contributed by atoms with Crippen LogP contribution in [0.25, 0.3) is 0 Å². The van der Waals surface area contributed by atoms with Crippen LogP contribution in [0.1, 0.15) is 65.2 Å². The molecule has 0 radical (unpaired) electrons. The van der Waals surface area contributed by atoms with Gasteiger partial charge in [-0.2, -0.15) is 0 Å². The summed E-state index contributed by atoms with van der Waals surface area (Å²) in [6.45, 7) is 6.28. The molecule has 0 aromatic heterocycles. The summed E-state index contributed by atoms with van der Waals surface area (Å²) in [7, 11) is 0. The second-order valence-corrected chi connectivity index (χ2v) is 7.56. The van der Waals surface area contributed by atoms with Crippen LogP contribution in [-0.4, -0.2) is 48.7 Å². The first-order chi connectivity index (χ1) is 11.5. The quantitative estimate of drug-likeness (QED) is 0.721. The monoisotopic (exact) mass is 338 g/mol. The Morgan fingerprint density at radius 3 is 2.33 bits per heavy atom. The number of hydrogen-bond donors (Lipinski definition) is 3. The number of amides is 4. The number of carbonyl (C=O) groups is 2. The average molecular weight is 338 g/mol. The highest BCUT2D eigenvalue weighted by atomic mass is 16.2. The molecule has 138 valence electrons. The first-order valence-electron chi connectivity index (χ1n) is 9.64. The predicted molar refractivity (Wildman–Crippen MR) is 96.0 cm³/mol. The molecule has 1 aliphatic heterocycles. The van der Waals surface area contributed by atoms with Gasteiger partial charge in [0.1, 0.15) is 0 Å². The van der Waals surface area contributed by atoms with Crippen LogP contribution in [0.4, 0.5) is 9.59 Å². The second-order valence-electron chi connectivity index (χ2n) is 7.56. The third kappa shape index (κ3) is 6.57. The highest BCUT2D eigenvalue weighted by molar-refractivity contribution is 5.74. The highest BCUT2D eigenvalue weighted by Crippen LogP contribution is 2.21. The Balaban J connectivity index is 1.58. The lowest BCUT2D eigenvalue weighted by molar-refractivity contribution is 0.162. The molecule has 1 aliphatic carbocycles. The van der Waals surface area contributed by atoms with E-state index in [9.17, 15) is 9.59 Å². The molecular formula is C18H34N4O2. The lowest BCUT2D eigenvalue weighted by atomic mass is 9.93. The Bertz CT molecular complexity index is 400. The molecule has 2 rings (SSSR count). The maximum Gasteiger partial charge on any atom is 0.317 e. The van der Waals surface area contributed by atoms with Gasteiger partial charge in [-0.3, -0.25) is 0 Å². The first-order valence-corrected chi connectivity index (χ1v) is 9.64. The molecule has 1 heterocycles. The minimum atomic E-state index is -0.0886. The Hall–Kier alpha value is -1.46. The van der Waals surface area contributed by atoms with Crippen LogP contribution >= 0.6 is 0 Å². The highest BCUT2D eigenvalue weighted by Gasteiger charge is 2.24. The van der Waals surface area contributed by atoms with Crippen molar-refractivity contribution in [2.45, 2.75) is 77.3 Å². The van der Waals surface area contributed by atoms with Gasteiger partial charge in [0.15, 0.2) is 0 Å². The van der Waals surface area contributed by atoms with Gasteiger partial charge in [-0.15, -0.1) is 0 Å². The topological polar surface area (TPSA) is 73.5 Å². The lowest BCUT2D eigenvalue weighted by Gasteiger charge is -2.34. The van der Waals surface area contributed by atoms with Gasteiger partial charge in [0.25, 0.3) is 0 Å². The summed E-state index contributed by atoms with van der Waals surface area (Å²) in [5, 5.41) is 8.94. The average Bonchev–Trinajstić information content (AvgIpc) is 2.55. The van der Waals surface area contributed by atoms with E-state index in [0.29, 0.717) is 18.5 Å². The van der Waals surface area contributed by atoms with Gasteiger partial charge in [-0.25, -0.2) is 9.59 Å². The van der Waals surface area contributed by atoms with Crippen LogP contribution in [0.15, 0.2) is 0 Å². The van der Waals surface area contributed by atoms with Crippen molar-refractivity contribution in [3.8, 4) is 0 Å². The SMILES string of the molecule is CC(C)NC(=O)NCCC1CCN(C(=O)NC2CCCCC2)CC1. The van der Waals surface area contributed by atoms with Crippen molar-refractivity contribution < 1.29 is 9.59 Å². The zero-order valence-corrected chi connectivity index (χ0v) is 15.3. The number of nitrogens with one attached hydrogen (secondary N) is 3. The van der Waals surface area contributed by atoms with Gasteiger partial charge >= 0.3 is 12.1 Å². The van der Waals surface area contributed by atoms with Gasteiger partial charge in [0, 0.05) is 31.7 Å². The number of piperidine rings is 1.